The van der Waals surface area contributed by atoms with E-state index in [1.54, 1.807) is 6.07 Å². The number of hydrogen-bond donors (Lipinski definition) is 2. The minimum absolute atomic E-state index is 0.0142. The van der Waals surface area contributed by atoms with Gasteiger partial charge in [0.25, 0.3) is 0 Å². The predicted octanol–water partition coefficient (Wildman–Crippen LogP) is 3.85. The van der Waals surface area contributed by atoms with E-state index in [0.717, 1.165) is 17.0 Å². The molecule has 5 heteroatoms. The minimum Gasteiger partial charge on any atom is -0.507 e. The number of hydrogen-bond acceptors (Lipinski definition) is 4. The monoisotopic (exact) mass is 308 g/mol. The molecule has 1 aromatic carbocycles. The number of phenols is 1. The molecule has 2 aromatic heterocycles. The highest BCUT2D eigenvalue weighted by atomic mass is 16.3. The van der Waals surface area contributed by atoms with Gasteiger partial charge in [-0.3, -0.25) is 5.10 Å². The first kappa shape index (κ1) is 15.2. The Morgan fingerprint density at radius 2 is 1.83 bits per heavy atom. The van der Waals surface area contributed by atoms with E-state index in [1.165, 1.54) is 0 Å². The van der Waals surface area contributed by atoms with Crippen LogP contribution < -0.4 is 0 Å². The van der Waals surface area contributed by atoms with Crippen molar-refractivity contribution < 1.29 is 5.11 Å². The lowest BCUT2D eigenvalue weighted by Gasteiger charge is -2.19. The maximum Gasteiger partial charge on any atom is 0.185 e. The van der Waals surface area contributed by atoms with Crippen molar-refractivity contribution in [2.24, 2.45) is 0 Å². The maximum absolute atomic E-state index is 10.2. The summed E-state index contributed by atoms with van der Waals surface area (Å²) in [6.07, 6.45) is 0. The van der Waals surface area contributed by atoms with E-state index in [1.807, 2.05) is 37.3 Å². The van der Waals surface area contributed by atoms with Crippen LogP contribution in [0.15, 0.2) is 36.4 Å². The normalized spacial score (nSPS) is 11.7. The number of H-pyrrole nitrogens is 1. The fourth-order valence-electron chi connectivity index (χ4n) is 2.35. The number of phenolic OH excluding ortho intramolecular Hbond substituents is 1. The summed E-state index contributed by atoms with van der Waals surface area (Å²) in [6, 6.07) is 11.3. The van der Waals surface area contributed by atoms with E-state index >= 15 is 0 Å². The van der Waals surface area contributed by atoms with Crippen LogP contribution in [0.25, 0.3) is 22.9 Å². The molecule has 0 unspecified atom stereocenters. The van der Waals surface area contributed by atoms with E-state index in [9.17, 15) is 5.11 Å². The summed E-state index contributed by atoms with van der Waals surface area (Å²) in [5, 5.41) is 17.3. The van der Waals surface area contributed by atoms with Gasteiger partial charge in [-0.25, -0.2) is 9.97 Å². The molecule has 0 fully saturated rings. The number of aryl methyl sites for hydroxylation is 1. The molecule has 3 aromatic rings. The fourth-order valence-corrected chi connectivity index (χ4v) is 2.35. The van der Waals surface area contributed by atoms with Crippen LogP contribution in [0.5, 0.6) is 5.75 Å². The van der Waals surface area contributed by atoms with Gasteiger partial charge < -0.3 is 5.11 Å². The first-order chi connectivity index (χ1) is 10.8. The predicted molar refractivity (Wildman–Crippen MR) is 90.2 cm³/mol. The third kappa shape index (κ3) is 3.08. The Labute approximate surface area is 135 Å². The molecular formula is C18H20N4O. The zero-order valence-electron chi connectivity index (χ0n) is 13.8. The van der Waals surface area contributed by atoms with E-state index in [0.29, 0.717) is 17.2 Å². The molecule has 0 aliphatic carbocycles. The molecule has 0 spiro atoms. The standard InChI is InChI=1S/C18H20N4O/c1-11-6-5-7-14(19-11)17-20-16(21-22-17)13-10-12(18(2,3)4)8-9-15(13)23/h5-10,23H,1-4H3,(H,20,21,22). The van der Waals surface area contributed by atoms with Crippen molar-refractivity contribution in [2.45, 2.75) is 33.1 Å². The highest BCUT2D eigenvalue weighted by molar-refractivity contribution is 5.66. The molecular weight excluding hydrogens is 288 g/mol. The van der Waals surface area contributed by atoms with Gasteiger partial charge in [0.15, 0.2) is 11.6 Å². The quantitative estimate of drug-likeness (QED) is 0.754. The Bertz CT molecular complexity index is 846. The van der Waals surface area contributed by atoms with Crippen molar-refractivity contribution in [3.8, 4) is 28.7 Å². The first-order valence-corrected chi connectivity index (χ1v) is 7.55. The maximum atomic E-state index is 10.2. The second kappa shape index (κ2) is 5.50. The number of aromatic nitrogens is 4. The Morgan fingerprint density at radius 3 is 2.52 bits per heavy atom. The van der Waals surface area contributed by atoms with Crippen molar-refractivity contribution in [3.05, 3.63) is 47.7 Å². The molecule has 3 rings (SSSR count). The number of aromatic amines is 1. The topological polar surface area (TPSA) is 74.7 Å². The molecule has 0 bridgehead atoms. The summed E-state index contributed by atoms with van der Waals surface area (Å²) in [6.45, 7) is 8.31. The van der Waals surface area contributed by atoms with Crippen LogP contribution in [0.1, 0.15) is 32.0 Å². The third-order valence-corrected chi connectivity index (χ3v) is 3.72. The second-order valence-corrected chi connectivity index (χ2v) is 6.65. The van der Waals surface area contributed by atoms with Crippen LogP contribution >= 0.6 is 0 Å². The molecule has 5 nitrogen and oxygen atoms in total. The van der Waals surface area contributed by atoms with Crippen LogP contribution in [0, 0.1) is 6.92 Å². The molecule has 118 valence electrons. The van der Waals surface area contributed by atoms with E-state index in [4.69, 9.17) is 0 Å². The lowest BCUT2D eigenvalue weighted by atomic mass is 9.86. The number of nitrogens with zero attached hydrogens (tertiary/aromatic N) is 3. The van der Waals surface area contributed by atoms with Gasteiger partial charge in [-0.1, -0.05) is 32.9 Å². The Balaban J connectivity index is 2.04. The summed E-state index contributed by atoms with van der Waals surface area (Å²) < 4.78 is 0. The largest absolute Gasteiger partial charge is 0.507 e. The van der Waals surface area contributed by atoms with Gasteiger partial charge in [0.2, 0.25) is 0 Å². The molecule has 2 N–H and O–H groups in total. The lowest BCUT2D eigenvalue weighted by molar-refractivity contribution is 0.475. The van der Waals surface area contributed by atoms with Crippen LogP contribution in [0.3, 0.4) is 0 Å². The summed E-state index contributed by atoms with van der Waals surface area (Å²) >= 11 is 0. The molecule has 0 aliphatic rings. The zero-order chi connectivity index (χ0) is 16.6. The third-order valence-electron chi connectivity index (χ3n) is 3.72. The first-order valence-electron chi connectivity index (χ1n) is 7.55. The van der Waals surface area contributed by atoms with Gasteiger partial charge in [0.1, 0.15) is 11.4 Å². The minimum atomic E-state index is -0.0142. The molecule has 0 saturated heterocycles. The van der Waals surface area contributed by atoms with Crippen LogP contribution in [0.2, 0.25) is 0 Å². The molecule has 0 saturated carbocycles. The Morgan fingerprint density at radius 1 is 1.04 bits per heavy atom. The molecule has 0 aliphatic heterocycles. The van der Waals surface area contributed by atoms with Crippen molar-refractivity contribution in [3.63, 3.8) is 0 Å². The molecule has 23 heavy (non-hydrogen) atoms. The molecule has 2 heterocycles. The highest BCUT2D eigenvalue weighted by Crippen LogP contribution is 2.32. The van der Waals surface area contributed by atoms with Crippen molar-refractivity contribution in [2.75, 3.05) is 0 Å². The summed E-state index contributed by atoms with van der Waals surface area (Å²) in [5.74, 6) is 1.22. The number of rotatable bonds is 2. The van der Waals surface area contributed by atoms with Crippen LogP contribution in [-0.4, -0.2) is 25.3 Å². The zero-order valence-corrected chi connectivity index (χ0v) is 13.8. The van der Waals surface area contributed by atoms with Gasteiger partial charge in [-0.2, -0.15) is 5.10 Å². The van der Waals surface area contributed by atoms with E-state index < -0.39 is 0 Å². The Hall–Kier alpha value is -2.69. The van der Waals surface area contributed by atoms with E-state index in [2.05, 4.69) is 40.9 Å². The summed E-state index contributed by atoms with van der Waals surface area (Å²) in [4.78, 5) is 8.92. The van der Waals surface area contributed by atoms with Crippen LogP contribution in [0.4, 0.5) is 0 Å². The number of pyridine rings is 1. The highest BCUT2D eigenvalue weighted by Gasteiger charge is 2.18. The molecule has 0 atom stereocenters. The number of nitrogens with one attached hydrogen (secondary N) is 1. The fraction of sp³-hybridized carbons (Fsp3) is 0.278. The Kier molecular flexibility index (Phi) is 3.64. The van der Waals surface area contributed by atoms with Gasteiger partial charge in [-0.05, 0) is 42.2 Å². The molecule has 0 radical (unpaired) electrons. The SMILES string of the molecule is Cc1cccc(-c2nc(-c3cc(C(C)(C)C)ccc3O)n[nH]2)n1. The van der Waals surface area contributed by atoms with Gasteiger partial charge in [-0.15, -0.1) is 0 Å². The number of benzene rings is 1. The van der Waals surface area contributed by atoms with E-state index in [-0.39, 0.29) is 11.2 Å². The van der Waals surface area contributed by atoms with Gasteiger partial charge >= 0.3 is 0 Å². The number of aromatic hydroxyl groups is 1. The van der Waals surface area contributed by atoms with Crippen molar-refractivity contribution in [1.82, 2.24) is 20.2 Å². The smallest absolute Gasteiger partial charge is 0.185 e. The summed E-state index contributed by atoms with van der Waals surface area (Å²) in [5.41, 5.74) is 3.37. The lowest BCUT2D eigenvalue weighted by Crippen LogP contribution is -2.10. The average Bonchev–Trinajstić information content (AvgIpc) is 2.96. The van der Waals surface area contributed by atoms with Crippen molar-refractivity contribution in [1.29, 1.82) is 0 Å². The second-order valence-electron chi connectivity index (χ2n) is 6.65. The van der Waals surface area contributed by atoms with Crippen molar-refractivity contribution >= 4 is 0 Å². The van der Waals surface area contributed by atoms with Gasteiger partial charge in [0.05, 0.1) is 5.56 Å². The van der Waals surface area contributed by atoms with Crippen LogP contribution in [-0.2, 0) is 5.41 Å². The van der Waals surface area contributed by atoms with Gasteiger partial charge in [0, 0.05) is 5.69 Å². The average molecular weight is 308 g/mol. The molecule has 0 amide bonds. The summed E-state index contributed by atoms with van der Waals surface area (Å²) in [7, 11) is 0.